The molecule has 0 aromatic heterocycles. The molecule has 1 unspecified atom stereocenters. The lowest BCUT2D eigenvalue weighted by molar-refractivity contribution is -0.870. The number of carbonyl (C=O) groups excluding carboxylic acids is 2. The zero-order valence-corrected chi connectivity index (χ0v) is 35.3. The summed E-state index contributed by atoms with van der Waals surface area (Å²) in [5, 5.41) is 0. The largest absolute Gasteiger partial charge is 0.472 e. The Bertz CT molecular complexity index is 1200. The van der Waals surface area contributed by atoms with E-state index in [4.69, 9.17) is 18.5 Å². The Morgan fingerprint density at radius 1 is 0.593 bits per heavy atom. The van der Waals surface area contributed by atoms with Crippen molar-refractivity contribution in [3.8, 4) is 0 Å². The lowest BCUT2D eigenvalue weighted by Crippen LogP contribution is -2.37. The first-order chi connectivity index (χ1) is 26.0. The van der Waals surface area contributed by atoms with Crippen molar-refractivity contribution in [3.63, 3.8) is 0 Å². The highest BCUT2D eigenvalue weighted by atomic mass is 31.2. The van der Waals surface area contributed by atoms with Crippen LogP contribution in [0, 0.1) is 0 Å². The summed E-state index contributed by atoms with van der Waals surface area (Å²) < 4.78 is 34.1. The molecule has 2 atom stereocenters. The van der Waals surface area contributed by atoms with Crippen LogP contribution in [0.2, 0.25) is 0 Å². The average Bonchev–Trinajstić information content (AvgIpc) is 3.12. The minimum Gasteiger partial charge on any atom is -0.462 e. The average molecular weight is 777 g/mol. The van der Waals surface area contributed by atoms with Crippen molar-refractivity contribution in [2.24, 2.45) is 0 Å². The minimum atomic E-state index is -4.40. The van der Waals surface area contributed by atoms with Gasteiger partial charge in [-0.15, -0.1) is 0 Å². The second-order valence-corrected chi connectivity index (χ2v) is 15.7. The van der Waals surface area contributed by atoms with Gasteiger partial charge in [-0.1, -0.05) is 112 Å². The predicted octanol–water partition coefficient (Wildman–Crippen LogP) is 11.2. The van der Waals surface area contributed by atoms with Gasteiger partial charge in [0.25, 0.3) is 0 Å². The molecule has 0 spiro atoms. The summed E-state index contributed by atoms with van der Waals surface area (Å²) in [6.45, 7) is 4.15. The van der Waals surface area contributed by atoms with Crippen molar-refractivity contribution < 1.29 is 42.1 Å². The Labute approximate surface area is 329 Å². The molecule has 0 amide bonds. The molecule has 0 aromatic carbocycles. The lowest BCUT2D eigenvalue weighted by Gasteiger charge is -2.24. The number of nitrogens with zero attached hydrogens (tertiary/aromatic N) is 1. The Balaban J connectivity index is 4.57. The summed E-state index contributed by atoms with van der Waals surface area (Å²) in [5.74, 6) is -0.904. The number of quaternary nitrogens is 1. The number of hydrogen-bond donors (Lipinski definition) is 1. The third-order valence-electron chi connectivity index (χ3n) is 7.91. The molecule has 1 N–H and O–H groups in total. The van der Waals surface area contributed by atoms with E-state index in [1.165, 1.54) is 19.3 Å². The van der Waals surface area contributed by atoms with Gasteiger partial charge in [0.2, 0.25) is 0 Å². The quantitative estimate of drug-likeness (QED) is 0.0223. The highest BCUT2D eigenvalue weighted by Crippen LogP contribution is 2.43. The Hall–Kier alpha value is -2.81. The normalized spacial score (nSPS) is 14.6. The Kier molecular flexibility index (Phi) is 34.0. The molecular formula is C44H75NO8P+. The third-order valence-corrected chi connectivity index (χ3v) is 8.89. The molecule has 0 radical (unpaired) electrons. The second-order valence-electron chi connectivity index (χ2n) is 14.3. The molecule has 10 heteroatoms. The van der Waals surface area contributed by atoms with Gasteiger partial charge in [-0.2, -0.15) is 0 Å². The molecule has 0 aliphatic carbocycles. The van der Waals surface area contributed by atoms with Gasteiger partial charge >= 0.3 is 19.8 Å². The van der Waals surface area contributed by atoms with Gasteiger partial charge < -0.3 is 18.9 Å². The first kappa shape index (κ1) is 51.2. The number of rotatable bonds is 35. The topological polar surface area (TPSA) is 108 Å². The number of phosphoric acid groups is 1. The molecule has 308 valence electrons. The number of allylic oxidation sites excluding steroid dienone is 14. The fraction of sp³-hybridized carbons (Fsp3) is 0.636. The zero-order valence-electron chi connectivity index (χ0n) is 34.4. The SMILES string of the molecule is CC/C=C\C/C=C\C/C=C\C/C=C\CCCCC(=O)O[C@H](COC(=O)CCCC/C=C\C/C=C\C/C=C\CCCCC)COP(=O)(O)OCC[N+](C)(C)C. The van der Waals surface area contributed by atoms with Crippen LogP contribution in [0.15, 0.2) is 85.1 Å². The van der Waals surface area contributed by atoms with Crippen LogP contribution < -0.4 is 0 Å². The Morgan fingerprint density at radius 2 is 1.04 bits per heavy atom. The second kappa shape index (κ2) is 35.9. The molecule has 0 fully saturated rings. The molecule has 0 saturated heterocycles. The standard InChI is InChI=1S/C44H74NO8P/c1-6-8-10-12-14-16-18-20-22-24-26-28-30-32-34-36-43(46)50-40-42(41-52-54(48,49)51-39-38-45(3,4)5)53-44(47)37-35-33-31-29-27-25-23-21-19-17-15-13-11-9-7-2/h9,11,14-17,20-23,26-29,42H,6-8,10,12-13,18-19,24-25,30-41H2,1-5H3/p+1/b11-9-,16-14-,17-15-,22-20-,23-21-,28-26-,29-27-/t42-/m1/s1. The molecule has 0 heterocycles. The van der Waals surface area contributed by atoms with Crippen LogP contribution in [-0.2, 0) is 32.7 Å². The number of ether oxygens (including phenoxy) is 2. The van der Waals surface area contributed by atoms with Crippen molar-refractivity contribution in [2.75, 3.05) is 47.5 Å². The molecule has 0 aromatic rings. The summed E-state index contributed by atoms with van der Waals surface area (Å²) in [5.41, 5.74) is 0. The molecule has 0 saturated carbocycles. The first-order valence-electron chi connectivity index (χ1n) is 20.3. The van der Waals surface area contributed by atoms with Crippen LogP contribution in [0.5, 0.6) is 0 Å². The molecule has 0 bridgehead atoms. The van der Waals surface area contributed by atoms with E-state index in [1.54, 1.807) is 0 Å². The number of carbonyl (C=O) groups is 2. The van der Waals surface area contributed by atoms with Gasteiger partial charge in [0.1, 0.15) is 19.8 Å². The van der Waals surface area contributed by atoms with Gasteiger partial charge in [0, 0.05) is 12.8 Å². The maximum Gasteiger partial charge on any atom is 0.472 e. The summed E-state index contributed by atoms with van der Waals surface area (Å²) in [4.78, 5) is 35.2. The number of likely N-dealkylation sites (N-methyl/N-ethyl adjacent to an activating group) is 1. The molecule has 0 rings (SSSR count). The Morgan fingerprint density at radius 3 is 1.50 bits per heavy atom. The summed E-state index contributed by atoms with van der Waals surface area (Å²) in [6.07, 6.45) is 45.0. The van der Waals surface area contributed by atoms with Crippen molar-refractivity contribution in [3.05, 3.63) is 85.1 Å². The lowest BCUT2D eigenvalue weighted by atomic mass is 10.1. The van der Waals surface area contributed by atoms with Crippen LogP contribution in [0.4, 0.5) is 0 Å². The van der Waals surface area contributed by atoms with Crippen molar-refractivity contribution in [1.82, 2.24) is 0 Å². The smallest absolute Gasteiger partial charge is 0.462 e. The fourth-order valence-electron chi connectivity index (χ4n) is 4.71. The van der Waals surface area contributed by atoms with Crippen LogP contribution >= 0.6 is 7.82 Å². The number of esters is 2. The summed E-state index contributed by atoms with van der Waals surface area (Å²) in [6, 6.07) is 0. The molecule has 54 heavy (non-hydrogen) atoms. The highest BCUT2D eigenvalue weighted by Gasteiger charge is 2.27. The van der Waals surface area contributed by atoms with Crippen LogP contribution in [-0.4, -0.2) is 74.9 Å². The number of hydrogen-bond acceptors (Lipinski definition) is 7. The maximum absolute atomic E-state index is 12.6. The van der Waals surface area contributed by atoms with Crippen molar-refractivity contribution in [1.29, 1.82) is 0 Å². The fourth-order valence-corrected chi connectivity index (χ4v) is 5.46. The van der Waals surface area contributed by atoms with E-state index in [0.29, 0.717) is 23.9 Å². The molecule has 9 nitrogen and oxygen atoms in total. The van der Waals surface area contributed by atoms with Gasteiger partial charge in [-0.25, -0.2) is 4.57 Å². The molecular weight excluding hydrogens is 701 g/mol. The van der Waals surface area contributed by atoms with E-state index in [-0.39, 0.29) is 26.1 Å². The van der Waals surface area contributed by atoms with E-state index in [1.807, 2.05) is 21.1 Å². The van der Waals surface area contributed by atoms with Crippen molar-refractivity contribution in [2.45, 2.75) is 136 Å². The predicted molar refractivity (Wildman–Crippen MR) is 224 cm³/mol. The van der Waals surface area contributed by atoms with Crippen LogP contribution in [0.3, 0.4) is 0 Å². The zero-order chi connectivity index (χ0) is 40.0. The highest BCUT2D eigenvalue weighted by molar-refractivity contribution is 7.47. The number of unbranched alkanes of at least 4 members (excludes halogenated alkanes) is 7. The minimum absolute atomic E-state index is 0.0126. The van der Waals surface area contributed by atoms with Gasteiger partial charge in [-0.05, 0) is 89.9 Å². The van der Waals surface area contributed by atoms with Gasteiger partial charge in [-0.3, -0.25) is 18.6 Å². The van der Waals surface area contributed by atoms with E-state index < -0.39 is 32.5 Å². The third kappa shape index (κ3) is 38.9. The first-order valence-corrected chi connectivity index (χ1v) is 21.8. The van der Waals surface area contributed by atoms with Crippen LogP contribution in [0.25, 0.3) is 0 Å². The summed E-state index contributed by atoms with van der Waals surface area (Å²) >= 11 is 0. The van der Waals surface area contributed by atoms with E-state index >= 15 is 0 Å². The summed E-state index contributed by atoms with van der Waals surface area (Å²) in [7, 11) is 1.41. The maximum atomic E-state index is 12.6. The molecule has 0 aliphatic heterocycles. The van der Waals surface area contributed by atoms with Gasteiger partial charge in [0.05, 0.1) is 27.7 Å². The van der Waals surface area contributed by atoms with Crippen LogP contribution in [0.1, 0.15) is 129 Å². The van der Waals surface area contributed by atoms with E-state index in [2.05, 4.69) is 98.9 Å². The van der Waals surface area contributed by atoms with E-state index in [9.17, 15) is 19.0 Å². The monoisotopic (exact) mass is 777 g/mol. The van der Waals surface area contributed by atoms with Crippen molar-refractivity contribution >= 4 is 19.8 Å². The number of phosphoric ester groups is 1. The van der Waals surface area contributed by atoms with E-state index in [0.717, 1.165) is 70.6 Å². The van der Waals surface area contributed by atoms with Gasteiger partial charge in [0.15, 0.2) is 6.10 Å². The molecule has 0 aliphatic rings.